The van der Waals surface area contributed by atoms with Gasteiger partial charge in [-0.1, -0.05) is 26.7 Å². The van der Waals surface area contributed by atoms with Crippen molar-refractivity contribution in [2.24, 2.45) is 11.3 Å². The Hall–Kier alpha value is -0.510. The Morgan fingerprint density at radius 3 is 2.27 bits per heavy atom. The molecule has 0 aromatic heterocycles. The molecule has 0 N–H and O–H groups in total. The van der Waals surface area contributed by atoms with Crippen LogP contribution in [-0.2, 0) is 0 Å². The second-order valence-corrected chi connectivity index (χ2v) is 4.06. The third kappa shape index (κ3) is 1.56. The SMILES string of the molecule is CC(C)C1(CC#N)CCCC1. The van der Waals surface area contributed by atoms with Gasteiger partial charge in [-0.05, 0) is 24.2 Å². The summed E-state index contributed by atoms with van der Waals surface area (Å²) in [7, 11) is 0. The molecule has 0 aromatic rings. The molecule has 1 nitrogen and oxygen atoms in total. The summed E-state index contributed by atoms with van der Waals surface area (Å²) in [5.74, 6) is 0.685. The van der Waals surface area contributed by atoms with Crippen molar-refractivity contribution in [3.05, 3.63) is 0 Å². The smallest absolute Gasteiger partial charge is 0.0627 e. The van der Waals surface area contributed by atoms with Crippen molar-refractivity contribution < 1.29 is 0 Å². The molecule has 1 aliphatic rings. The summed E-state index contributed by atoms with van der Waals surface area (Å²) in [4.78, 5) is 0. The largest absolute Gasteiger partial charge is 0.198 e. The zero-order valence-electron chi connectivity index (χ0n) is 7.56. The predicted molar refractivity (Wildman–Crippen MR) is 46.0 cm³/mol. The molecule has 62 valence electrons. The van der Waals surface area contributed by atoms with E-state index in [0.29, 0.717) is 11.3 Å². The molecule has 0 saturated heterocycles. The normalized spacial score (nSPS) is 22.0. The van der Waals surface area contributed by atoms with Crippen molar-refractivity contribution in [2.75, 3.05) is 0 Å². The molecular weight excluding hydrogens is 134 g/mol. The third-order valence-electron chi connectivity index (χ3n) is 3.26. The molecule has 0 unspecified atom stereocenters. The zero-order valence-corrected chi connectivity index (χ0v) is 7.56. The summed E-state index contributed by atoms with van der Waals surface area (Å²) in [5.41, 5.74) is 0.384. The van der Waals surface area contributed by atoms with Crippen LogP contribution in [0, 0.1) is 22.7 Å². The maximum absolute atomic E-state index is 8.69. The van der Waals surface area contributed by atoms with Gasteiger partial charge in [0.25, 0.3) is 0 Å². The predicted octanol–water partition coefficient (Wildman–Crippen LogP) is 3.12. The standard InChI is InChI=1S/C10H17N/c1-9(2)10(7-8-11)5-3-4-6-10/h9H,3-7H2,1-2H3. The first-order valence-corrected chi connectivity index (χ1v) is 4.58. The fourth-order valence-electron chi connectivity index (χ4n) is 2.19. The highest BCUT2D eigenvalue weighted by Crippen LogP contribution is 2.46. The van der Waals surface area contributed by atoms with Crippen molar-refractivity contribution in [3.8, 4) is 6.07 Å². The number of nitriles is 1. The van der Waals surface area contributed by atoms with E-state index in [2.05, 4.69) is 19.9 Å². The minimum atomic E-state index is 0.384. The van der Waals surface area contributed by atoms with Crippen LogP contribution in [0.1, 0.15) is 46.0 Å². The molecule has 1 fully saturated rings. The van der Waals surface area contributed by atoms with Gasteiger partial charge in [0.1, 0.15) is 0 Å². The Bertz CT molecular complexity index is 158. The van der Waals surface area contributed by atoms with Crippen LogP contribution in [0.5, 0.6) is 0 Å². The topological polar surface area (TPSA) is 23.8 Å². The Kier molecular flexibility index (Phi) is 2.54. The van der Waals surface area contributed by atoms with Crippen molar-refractivity contribution in [2.45, 2.75) is 46.0 Å². The summed E-state index contributed by atoms with van der Waals surface area (Å²) in [5, 5.41) is 8.69. The van der Waals surface area contributed by atoms with Crippen LogP contribution >= 0.6 is 0 Å². The van der Waals surface area contributed by atoms with Gasteiger partial charge >= 0.3 is 0 Å². The lowest BCUT2D eigenvalue weighted by atomic mass is 9.73. The minimum absolute atomic E-state index is 0.384. The second kappa shape index (κ2) is 3.26. The van der Waals surface area contributed by atoms with Gasteiger partial charge in [-0.3, -0.25) is 0 Å². The van der Waals surface area contributed by atoms with E-state index in [1.807, 2.05) is 0 Å². The second-order valence-electron chi connectivity index (χ2n) is 4.06. The summed E-state index contributed by atoms with van der Waals surface area (Å²) < 4.78 is 0. The van der Waals surface area contributed by atoms with E-state index in [0.717, 1.165) is 6.42 Å². The molecule has 11 heavy (non-hydrogen) atoms. The van der Waals surface area contributed by atoms with Gasteiger partial charge in [-0.15, -0.1) is 0 Å². The molecule has 1 rings (SSSR count). The highest BCUT2D eigenvalue weighted by Gasteiger charge is 2.36. The maximum atomic E-state index is 8.69. The van der Waals surface area contributed by atoms with Crippen LogP contribution < -0.4 is 0 Å². The lowest BCUT2D eigenvalue weighted by molar-refractivity contribution is 0.203. The van der Waals surface area contributed by atoms with Gasteiger partial charge in [-0.2, -0.15) is 5.26 Å². The van der Waals surface area contributed by atoms with E-state index in [9.17, 15) is 0 Å². The Balaban J connectivity index is 2.64. The van der Waals surface area contributed by atoms with Gasteiger partial charge in [-0.25, -0.2) is 0 Å². The molecular formula is C10H17N. The van der Waals surface area contributed by atoms with Gasteiger partial charge in [0, 0.05) is 6.42 Å². The van der Waals surface area contributed by atoms with E-state index in [1.165, 1.54) is 25.7 Å². The molecule has 0 heterocycles. The molecule has 0 atom stereocenters. The van der Waals surface area contributed by atoms with Gasteiger partial charge in [0.15, 0.2) is 0 Å². The fourth-order valence-corrected chi connectivity index (χ4v) is 2.19. The van der Waals surface area contributed by atoms with Crippen LogP contribution in [-0.4, -0.2) is 0 Å². The highest BCUT2D eigenvalue weighted by atomic mass is 14.4. The van der Waals surface area contributed by atoms with Gasteiger partial charge in [0.2, 0.25) is 0 Å². The van der Waals surface area contributed by atoms with Crippen LogP contribution in [0.3, 0.4) is 0 Å². The third-order valence-corrected chi connectivity index (χ3v) is 3.26. The van der Waals surface area contributed by atoms with Gasteiger partial charge in [0.05, 0.1) is 6.07 Å². The lowest BCUT2D eigenvalue weighted by Crippen LogP contribution is -2.22. The van der Waals surface area contributed by atoms with Crippen molar-refractivity contribution in [1.29, 1.82) is 5.26 Å². The van der Waals surface area contributed by atoms with Crippen LogP contribution in [0.25, 0.3) is 0 Å². The lowest BCUT2D eigenvalue weighted by Gasteiger charge is -2.30. The molecule has 1 aliphatic carbocycles. The molecule has 0 aliphatic heterocycles. The van der Waals surface area contributed by atoms with Crippen molar-refractivity contribution in [3.63, 3.8) is 0 Å². The summed E-state index contributed by atoms with van der Waals surface area (Å²) in [6.45, 7) is 4.51. The molecule has 0 radical (unpaired) electrons. The Morgan fingerprint density at radius 2 is 1.91 bits per heavy atom. The first-order valence-electron chi connectivity index (χ1n) is 4.58. The Morgan fingerprint density at radius 1 is 1.36 bits per heavy atom. The molecule has 1 saturated carbocycles. The average molecular weight is 151 g/mol. The molecule has 0 amide bonds. The minimum Gasteiger partial charge on any atom is -0.198 e. The van der Waals surface area contributed by atoms with Crippen LogP contribution in [0.15, 0.2) is 0 Å². The van der Waals surface area contributed by atoms with Gasteiger partial charge < -0.3 is 0 Å². The number of nitrogens with zero attached hydrogens (tertiary/aromatic N) is 1. The highest BCUT2D eigenvalue weighted by molar-refractivity contribution is 4.93. The molecule has 0 bridgehead atoms. The number of hydrogen-bond acceptors (Lipinski definition) is 1. The van der Waals surface area contributed by atoms with E-state index < -0.39 is 0 Å². The molecule has 1 heteroatoms. The summed E-state index contributed by atoms with van der Waals surface area (Å²) in [6.07, 6.45) is 5.99. The van der Waals surface area contributed by atoms with Crippen molar-refractivity contribution in [1.82, 2.24) is 0 Å². The molecule has 0 spiro atoms. The first kappa shape index (κ1) is 8.59. The van der Waals surface area contributed by atoms with Crippen molar-refractivity contribution >= 4 is 0 Å². The van der Waals surface area contributed by atoms with Crippen LogP contribution in [0.4, 0.5) is 0 Å². The molecule has 0 aromatic carbocycles. The van der Waals surface area contributed by atoms with Crippen LogP contribution in [0.2, 0.25) is 0 Å². The monoisotopic (exact) mass is 151 g/mol. The summed E-state index contributed by atoms with van der Waals surface area (Å²) >= 11 is 0. The summed E-state index contributed by atoms with van der Waals surface area (Å²) in [6, 6.07) is 2.33. The van der Waals surface area contributed by atoms with E-state index in [4.69, 9.17) is 5.26 Å². The maximum Gasteiger partial charge on any atom is 0.0627 e. The average Bonchev–Trinajstić information content (AvgIpc) is 2.38. The van der Waals surface area contributed by atoms with E-state index in [1.54, 1.807) is 0 Å². The number of hydrogen-bond donors (Lipinski definition) is 0. The first-order chi connectivity index (χ1) is 5.21. The van der Waals surface area contributed by atoms with E-state index >= 15 is 0 Å². The fraction of sp³-hybridized carbons (Fsp3) is 0.900. The quantitative estimate of drug-likeness (QED) is 0.595. The zero-order chi connectivity index (χ0) is 8.32. The van der Waals surface area contributed by atoms with E-state index in [-0.39, 0.29) is 0 Å². The Labute approximate surface area is 69.4 Å². The number of rotatable bonds is 2.